The first-order valence-electron chi connectivity index (χ1n) is 10.5. The molecular weight excluding hydrogens is 437 g/mol. The number of hydrogen-bond donors (Lipinski definition) is 1. The van der Waals surface area contributed by atoms with Crippen molar-refractivity contribution in [2.75, 3.05) is 50.5 Å². The molecule has 2 heterocycles. The van der Waals surface area contributed by atoms with Crippen molar-refractivity contribution in [1.29, 1.82) is 0 Å². The van der Waals surface area contributed by atoms with Crippen LogP contribution in [0.15, 0.2) is 35.3 Å². The van der Waals surface area contributed by atoms with Gasteiger partial charge >= 0.3 is 5.97 Å². The largest absolute Gasteiger partial charge is 0.462 e. The number of nitrogen functional groups attached to an aromatic ring is 1. The molecule has 0 amide bonds. The fourth-order valence-electron chi connectivity index (χ4n) is 4.05. The number of anilines is 2. The van der Waals surface area contributed by atoms with E-state index in [0.717, 1.165) is 24.4 Å². The minimum absolute atomic E-state index is 0.0000635. The van der Waals surface area contributed by atoms with Gasteiger partial charge in [0.05, 0.1) is 34.6 Å². The molecular formula is C23H23F3N4O3. The number of carbonyl (C=O) groups excluding carboxylic acids is 1. The molecule has 1 aliphatic rings. The Morgan fingerprint density at radius 1 is 1.09 bits per heavy atom. The number of benzene rings is 2. The van der Waals surface area contributed by atoms with Crippen molar-refractivity contribution >= 4 is 28.2 Å². The molecule has 0 unspecified atom stereocenters. The molecule has 7 nitrogen and oxygen atoms in total. The molecule has 0 bridgehead atoms. The second-order valence-electron chi connectivity index (χ2n) is 7.87. The van der Waals surface area contributed by atoms with E-state index in [1.165, 1.54) is 4.57 Å². The molecule has 1 aromatic heterocycles. The Balaban J connectivity index is 2.05. The number of pyridine rings is 1. The van der Waals surface area contributed by atoms with E-state index in [0.29, 0.717) is 32.2 Å². The number of halogens is 3. The molecule has 3 aromatic rings. The Labute approximate surface area is 187 Å². The number of esters is 1. The van der Waals surface area contributed by atoms with Crippen LogP contribution in [-0.2, 0) is 4.74 Å². The van der Waals surface area contributed by atoms with Crippen LogP contribution in [0.4, 0.5) is 24.5 Å². The van der Waals surface area contributed by atoms with Crippen molar-refractivity contribution in [3.63, 3.8) is 0 Å². The molecule has 2 aromatic carbocycles. The molecule has 0 radical (unpaired) electrons. The van der Waals surface area contributed by atoms with Gasteiger partial charge in [0.25, 0.3) is 0 Å². The number of carbonyl (C=O) groups is 1. The second kappa shape index (κ2) is 8.78. The molecule has 1 aliphatic heterocycles. The summed E-state index contributed by atoms with van der Waals surface area (Å²) in [7, 11) is 1.95. The van der Waals surface area contributed by atoms with Crippen molar-refractivity contribution in [2.45, 2.75) is 6.92 Å². The van der Waals surface area contributed by atoms with E-state index in [1.54, 1.807) is 11.8 Å². The van der Waals surface area contributed by atoms with Crippen molar-refractivity contribution in [1.82, 2.24) is 9.47 Å². The van der Waals surface area contributed by atoms with Gasteiger partial charge in [0.1, 0.15) is 23.0 Å². The van der Waals surface area contributed by atoms with Crippen LogP contribution in [0.2, 0.25) is 0 Å². The summed E-state index contributed by atoms with van der Waals surface area (Å²) in [6.45, 7) is 3.92. The highest BCUT2D eigenvalue weighted by molar-refractivity contribution is 6.01. The quantitative estimate of drug-likeness (QED) is 0.477. The number of nitrogens with zero attached hydrogens (tertiary/aromatic N) is 3. The summed E-state index contributed by atoms with van der Waals surface area (Å²) >= 11 is 0. The van der Waals surface area contributed by atoms with Crippen molar-refractivity contribution in [3.8, 4) is 5.69 Å². The molecule has 0 aliphatic carbocycles. The van der Waals surface area contributed by atoms with Gasteiger partial charge in [-0.3, -0.25) is 4.79 Å². The van der Waals surface area contributed by atoms with Gasteiger partial charge in [-0.25, -0.2) is 18.0 Å². The zero-order valence-corrected chi connectivity index (χ0v) is 18.2. The van der Waals surface area contributed by atoms with Crippen LogP contribution >= 0.6 is 0 Å². The highest BCUT2D eigenvalue weighted by atomic mass is 19.1. The minimum Gasteiger partial charge on any atom is -0.462 e. The van der Waals surface area contributed by atoms with E-state index in [1.807, 2.05) is 7.05 Å². The third kappa shape index (κ3) is 4.02. The number of piperazine rings is 1. The van der Waals surface area contributed by atoms with Gasteiger partial charge in [-0.05, 0) is 32.2 Å². The maximum atomic E-state index is 15.3. The smallest absolute Gasteiger partial charge is 0.343 e. The van der Waals surface area contributed by atoms with E-state index in [2.05, 4.69) is 4.90 Å². The Hall–Kier alpha value is -3.53. The summed E-state index contributed by atoms with van der Waals surface area (Å²) in [4.78, 5) is 29.4. The summed E-state index contributed by atoms with van der Waals surface area (Å²) in [5.41, 5.74) is 5.06. The van der Waals surface area contributed by atoms with Crippen LogP contribution in [-0.4, -0.2) is 55.3 Å². The number of likely N-dealkylation sites (N-methyl/N-ethyl adjacent to an activating group) is 1. The number of fused-ring (bicyclic) bond motifs is 1. The Morgan fingerprint density at radius 2 is 1.79 bits per heavy atom. The molecule has 0 spiro atoms. The monoisotopic (exact) mass is 460 g/mol. The Morgan fingerprint density at radius 3 is 2.42 bits per heavy atom. The zero-order valence-electron chi connectivity index (χ0n) is 18.2. The average molecular weight is 460 g/mol. The summed E-state index contributed by atoms with van der Waals surface area (Å²) in [5, 5.41) is -0.211. The minimum atomic E-state index is -0.945. The molecule has 174 valence electrons. The summed E-state index contributed by atoms with van der Waals surface area (Å²) in [6.07, 6.45) is 1.10. The Bertz CT molecular complexity index is 1300. The van der Waals surface area contributed by atoms with Gasteiger partial charge in [-0.1, -0.05) is 0 Å². The highest BCUT2D eigenvalue weighted by Gasteiger charge is 2.26. The van der Waals surface area contributed by atoms with Crippen LogP contribution in [0.1, 0.15) is 17.3 Å². The van der Waals surface area contributed by atoms with E-state index >= 15 is 4.39 Å². The molecule has 33 heavy (non-hydrogen) atoms. The van der Waals surface area contributed by atoms with Crippen molar-refractivity contribution in [3.05, 3.63) is 63.7 Å². The molecule has 1 fully saturated rings. The lowest BCUT2D eigenvalue weighted by atomic mass is 10.1. The van der Waals surface area contributed by atoms with E-state index < -0.39 is 34.4 Å². The first kappa shape index (κ1) is 22.7. The van der Waals surface area contributed by atoms with Gasteiger partial charge in [0.2, 0.25) is 5.43 Å². The number of aromatic nitrogens is 1. The van der Waals surface area contributed by atoms with Crippen LogP contribution in [0.5, 0.6) is 0 Å². The molecule has 2 N–H and O–H groups in total. The van der Waals surface area contributed by atoms with Crippen LogP contribution in [0, 0.1) is 17.5 Å². The van der Waals surface area contributed by atoms with E-state index in [9.17, 15) is 18.4 Å². The number of ether oxygens (including phenoxy) is 1. The molecule has 4 rings (SSSR count). The second-order valence-corrected chi connectivity index (χ2v) is 7.87. The standard InChI is InChI=1S/C23H23F3N4O3/c1-3-33-23(32)15-12-30(18-5-4-13(24)10-16(18)25)20-14(22(15)31)11-17(26)21(19(20)27)29-8-6-28(2)7-9-29/h4-5,10-12H,3,6-9,27H2,1-2H3. The first-order valence-corrected chi connectivity index (χ1v) is 10.5. The third-order valence-corrected chi connectivity index (χ3v) is 5.74. The van der Waals surface area contributed by atoms with Gasteiger partial charge in [0, 0.05) is 38.4 Å². The fraction of sp³-hybridized carbons (Fsp3) is 0.304. The molecule has 10 heteroatoms. The van der Waals surface area contributed by atoms with Crippen molar-refractivity contribution < 1.29 is 22.7 Å². The predicted molar refractivity (Wildman–Crippen MR) is 119 cm³/mol. The fourth-order valence-corrected chi connectivity index (χ4v) is 4.05. The van der Waals surface area contributed by atoms with Gasteiger partial charge in [-0.15, -0.1) is 0 Å². The van der Waals surface area contributed by atoms with Crippen LogP contribution < -0.4 is 16.1 Å². The maximum Gasteiger partial charge on any atom is 0.343 e. The number of rotatable bonds is 4. The lowest BCUT2D eigenvalue weighted by Gasteiger charge is -2.35. The van der Waals surface area contributed by atoms with Crippen LogP contribution in [0.3, 0.4) is 0 Å². The number of nitrogens with two attached hydrogens (primary N) is 1. The lowest BCUT2D eigenvalue weighted by molar-refractivity contribution is 0.0524. The van der Waals surface area contributed by atoms with Gasteiger partial charge in [-0.2, -0.15) is 0 Å². The van der Waals surface area contributed by atoms with Gasteiger partial charge < -0.3 is 24.8 Å². The molecule has 1 saturated heterocycles. The Kier molecular flexibility index (Phi) is 6.03. The van der Waals surface area contributed by atoms with Crippen molar-refractivity contribution in [2.24, 2.45) is 0 Å². The predicted octanol–water partition coefficient (Wildman–Crippen LogP) is 2.92. The third-order valence-electron chi connectivity index (χ3n) is 5.74. The SMILES string of the molecule is CCOC(=O)c1cn(-c2ccc(F)cc2F)c2c(N)c(N3CCN(C)CC3)c(F)cc2c1=O. The van der Waals surface area contributed by atoms with Gasteiger partial charge in [0.15, 0.2) is 0 Å². The topological polar surface area (TPSA) is 80.8 Å². The van der Waals surface area contributed by atoms with E-state index in [-0.39, 0.29) is 34.6 Å². The molecule has 0 atom stereocenters. The lowest BCUT2D eigenvalue weighted by Crippen LogP contribution is -2.45. The molecule has 0 saturated carbocycles. The first-order chi connectivity index (χ1) is 15.7. The summed E-state index contributed by atoms with van der Waals surface area (Å²) in [5.74, 6) is -3.42. The van der Waals surface area contributed by atoms with Crippen LogP contribution in [0.25, 0.3) is 16.6 Å². The zero-order chi connectivity index (χ0) is 23.9. The van der Waals surface area contributed by atoms with E-state index in [4.69, 9.17) is 10.5 Å². The average Bonchev–Trinajstić information content (AvgIpc) is 2.76. The summed E-state index contributed by atoms with van der Waals surface area (Å²) < 4.78 is 49.7. The highest BCUT2D eigenvalue weighted by Crippen LogP contribution is 2.36. The number of hydrogen-bond acceptors (Lipinski definition) is 6. The normalized spacial score (nSPS) is 14.6. The summed E-state index contributed by atoms with van der Waals surface area (Å²) in [6, 6.07) is 3.86. The maximum absolute atomic E-state index is 15.3.